The third kappa shape index (κ3) is 3.35. The van der Waals surface area contributed by atoms with Gasteiger partial charge in [-0.2, -0.15) is 0 Å². The number of anilines is 1. The van der Waals surface area contributed by atoms with Gasteiger partial charge in [-0.05, 0) is 49.4 Å². The molecule has 8 heteroatoms. The minimum absolute atomic E-state index is 0.156. The molecule has 2 aliphatic rings. The monoisotopic (exact) mass is 396 g/mol. The maximum absolute atomic E-state index is 13.0. The number of hydrogen-bond acceptors (Lipinski definition) is 5. The molecule has 4 amide bonds. The first-order valence-electron chi connectivity index (χ1n) is 9.08. The van der Waals surface area contributed by atoms with Crippen LogP contribution < -0.4 is 10.2 Å². The van der Waals surface area contributed by atoms with Crippen LogP contribution >= 0.6 is 11.8 Å². The summed E-state index contributed by atoms with van der Waals surface area (Å²) >= 11 is 1.56. The summed E-state index contributed by atoms with van der Waals surface area (Å²) < 4.78 is 0. The number of urea groups is 1. The Labute approximate surface area is 167 Å². The molecule has 0 radical (unpaired) electrons. The van der Waals surface area contributed by atoms with Gasteiger partial charge in [0.05, 0.1) is 5.69 Å². The van der Waals surface area contributed by atoms with Crippen LogP contribution in [0, 0.1) is 0 Å². The molecule has 1 N–H and O–H groups in total. The van der Waals surface area contributed by atoms with E-state index < -0.39 is 6.04 Å². The van der Waals surface area contributed by atoms with Crippen LogP contribution in [-0.2, 0) is 4.79 Å². The van der Waals surface area contributed by atoms with Gasteiger partial charge in [-0.15, -0.1) is 11.8 Å². The molecule has 4 rings (SSSR count). The second-order valence-electron chi connectivity index (χ2n) is 6.80. The Balaban J connectivity index is 1.49. The molecule has 2 aromatic rings. The Morgan fingerprint density at radius 2 is 2.00 bits per heavy atom. The van der Waals surface area contributed by atoms with Gasteiger partial charge in [0.2, 0.25) is 0 Å². The van der Waals surface area contributed by atoms with Gasteiger partial charge in [-0.25, -0.2) is 9.69 Å². The largest absolute Gasteiger partial charge is 0.349 e. The molecule has 0 spiro atoms. The fraction of sp³-hybridized carbons (Fsp3) is 0.300. The second kappa shape index (κ2) is 7.63. The summed E-state index contributed by atoms with van der Waals surface area (Å²) in [5.41, 5.74) is 1.12. The number of nitrogens with one attached hydrogen (secondary N) is 1. The normalized spacial score (nSPS) is 21.6. The van der Waals surface area contributed by atoms with Gasteiger partial charge in [-0.1, -0.05) is 6.07 Å². The molecule has 144 valence electrons. The summed E-state index contributed by atoms with van der Waals surface area (Å²) in [7, 11) is 0. The molecule has 2 fully saturated rings. The first-order chi connectivity index (χ1) is 13.6. The van der Waals surface area contributed by atoms with Gasteiger partial charge in [0.25, 0.3) is 11.8 Å². The van der Waals surface area contributed by atoms with Crippen molar-refractivity contribution >= 4 is 35.3 Å². The molecular weight excluding hydrogens is 376 g/mol. The SMILES string of the molecule is CSc1cccc(N2C(=O)[C@@H]3C[C@@H](NC(=O)c4ccncc4)CCN3C2=O)c1. The van der Waals surface area contributed by atoms with Crippen molar-refractivity contribution in [3.8, 4) is 0 Å². The fourth-order valence-corrected chi connectivity index (χ4v) is 4.14. The highest BCUT2D eigenvalue weighted by molar-refractivity contribution is 7.98. The van der Waals surface area contributed by atoms with Crippen LogP contribution in [0.3, 0.4) is 0 Å². The van der Waals surface area contributed by atoms with E-state index >= 15 is 0 Å². The Kier molecular flexibility index (Phi) is 5.04. The Bertz CT molecular complexity index is 921. The smallest absolute Gasteiger partial charge is 0.332 e. The minimum atomic E-state index is -0.540. The van der Waals surface area contributed by atoms with E-state index in [0.717, 1.165) is 4.90 Å². The third-order valence-corrected chi connectivity index (χ3v) is 5.86. The predicted molar refractivity (Wildman–Crippen MR) is 106 cm³/mol. The molecule has 28 heavy (non-hydrogen) atoms. The molecule has 7 nitrogen and oxygen atoms in total. The first kappa shape index (κ1) is 18.5. The van der Waals surface area contributed by atoms with Crippen molar-refractivity contribution in [3.05, 3.63) is 54.4 Å². The number of hydrogen-bond donors (Lipinski definition) is 1. The van der Waals surface area contributed by atoms with Crippen molar-refractivity contribution in [2.24, 2.45) is 0 Å². The van der Waals surface area contributed by atoms with Crippen molar-refractivity contribution < 1.29 is 14.4 Å². The zero-order valence-corrected chi connectivity index (χ0v) is 16.2. The second-order valence-corrected chi connectivity index (χ2v) is 7.68. The lowest BCUT2D eigenvalue weighted by Crippen LogP contribution is -2.49. The van der Waals surface area contributed by atoms with Crippen LogP contribution in [0.5, 0.6) is 0 Å². The average Bonchev–Trinajstić information content (AvgIpc) is 2.98. The zero-order chi connectivity index (χ0) is 19.7. The van der Waals surface area contributed by atoms with Gasteiger partial charge >= 0.3 is 6.03 Å². The topological polar surface area (TPSA) is 82.6 Å². The van der Waals surface area contributed by atoms with Crippen molar-refractivity contribution in [1.82, 2.24) is 15.2 Å². The van der Waals surface area contributed by atoms with Gasteiger partial charge < -0.3 is 10.2 Å². The number of piperidine rings is 1. The third-order valence-electron chi connectivity index (χ3n) is 5.13. The van der Waals surface area contributed by atoms with E-state index in [1.165, 1.54) is 4.90 Å². The lowest BCUT2D eigenvalue weighted by atomic mass is 9.97. The maximum atomic E-state index is 13.0. The summed E-state index contributed by atoms with van der Waals surface area (Å²) in [4.78, 5) is 46.0. The van der Waals surface area contributed by atoms with Crippen LogP contribution in [0.4, 0.5) is 10.5 Å². The summed E-state index contributed by atoms with van der Waals surface area (Å²) in [6.07, 6.45) is 6.12. The molecule has 1 aromatic carbocycles. The number of imide groups is 1. The zero-order valence-electron chi connectivity index (χ0n) is 15.4. The van der Waals surface area contributed by atoms with E-state index in [2.05, 4.69) is 10.3 Å². The van der Waals surface area contributed by atoms with Gasteiger partial charge in [-0.3, -0.25) is 14.6 Å². The molecule has 0 unspecified atom stereocenters. The number of fused-ring (bicyclic) bond motifs is 1. The Morgan fingerprint density at radius 1 is 1.21 bits per heavy atom. The van der Waals surface area contributed by atoms with E-state index in [-0.39, 0.29) is 23.9 Å². The van der Waals surface area contributed by atoms with E-state index in [1.54, 1.807) is 47.3 Å². The Hall–Kier alpha value is -2.87. The summed E-state index contributed by atoms with van der Waals surface area (Å²) in [6, 6.07) is 9.72. The lowest BCUT2D eigenvalue weighted by Gasteiger charge is -2.32. The lowest BCUT2D eigenvalue weighted by molar-refractivity contribution is -0.120. The van der Waals surface area contributed by atoms with Crippen LogP contribution in [0.15, 0.2) is 53.7 Å². The van der Waals surface area contributed by atoms with Gasteiger partial charge in [0.15, 0.2) is 0 Å². The number of thioether (sulfide) groups is 1. The predicted octanol–water partition coefficient (Wildman–Crippen LogP) is 2.53. The van der Waals surface area contributed by atoms with E-state index in [9.17, 15) is 14.4 Å². The highest BCUT2D eigenvalue weighted by Crippen LogP contribution is 2.32. The number of nitrogens with zero attached hydrogens (tertiary/aromatic N) is 3. The number of carbonyl (C=O) groups is 3. The average molecular weight is 396 g/mol. The quantitative estimate of drug-likeness (QED) is 0.634. The number of pyridine rings is 1. The molecule has 0 aliphatic carbocycles. The first-order valence-corrected chi connectivity index (χ1v) is 10.3. The number of rotatable bonds is 4. The molecule has 2 atom stereocenters. The van der Waals surface area contributed by atoms with Crippen LogP contribution in [-0.4, -0.2) is 52.6 Å². The standard InChI is InChI=1S/C20H20N4O3S/c1-28-16-4-2-3-15(12-16)24-19(26)17-11-14(7-10-23(17)20(24)27)22-18(25)13-5-8-21-9-6-13/h2-6,8-9,12,14,17H,7,10-11H2,1H3,(H,22,25)/t14-,17-/m0/s1. The summed E-state index contributed by atoms with van der Waals surface area (Å²) in [6.45, 7) is 0.440. The number of amides is 4. The number of aromatic nitrogens is 1. The highest BCUT2D eigenvalue weighted by Gasteiger charge is 2.48. The van der Waals surface area contributed by atoms with E-state index in [4.69, 9.17) is 0 Å². The van der Waals surface area contributed by atoms with Crippen LogP contribution in [0.25, 0.3) is 0 Å². The van der Waals surface area contributed by atoms with Crippen molar-refractivity contribution in [2.45, 2.75) is 29.8 Å². The van der Waals surface area contributed by atoms with Gasteiger partial charge in [0, 0.05) is 35.4 Å². The van der Waals surface area contributed by atoms with E-state index in [0.29, 0.717) is 30.6 Å². The number of carbonyl (C=O) groups excluding carboxylic acids is 3. The van der Waals surface area contributed by atoms with Crippen LogP contribution in [0.1, 0.15) is 23.2 Å². The minimum Gasteiger partial charge on any atom is -0.349 e. The van der Waals surface area contributed by atoms with Gasteiger partial charge in [0.1, 0.15) is 6.04 Å². The molecule has 3 heterocycles. The molecule has 1 aromatic heterocycles. The molecule has 0 bridgehead atoms. The Morgan fingerprint density at radius 3 is 2.75 bits per heavy atom. The number of benzene rings is 1. The summed E-state index contributed by atoms with van der Waals surface area (Å²) in [5, 5.41) is 2.98. The van der Waals surface area contributed by atoms with E-state index in [1.807, 2.05) is 24.5 Å². The maximum Gasteiger partial charge on any atom is 0.332 e. The summed E-state index contributed by atoms with van der Waals surface area (Å²) in [5.74, 6) is -0.423. The highest BCUT2D eigenvalue weighted by atomic mass is 32.2. The van der Waals surface area contributed by atoms with Crippen molar-refractivity contribution in [2.75, 3.05) is 17.7 Å². The van der Waals surface area contributed by atoms with Crippen molar-refractivity contribution in [1.29, 1.82) is 0 Å². The van der Waals surface area contributed by atoms with Crippen molar-refractivity contribution in [3.63, 3.8) is 0 Å². The molecule has 0 saturated carbocycles. The fourth-order valence-electron chi connectivity index (χ4n) is 3.69. The molecular formula is C20H20N4O3S. The molecule has 2 saturated heterocycles. The molecule has 2 aliphatic heterocycles. The van der Waals surface area contributed by atoms with Crippen LogP contribution in [0.2, 0.25) is 0 Å².